The minimum atomic E-state index is -0.00826. The van der Waals surface area contributed by atoms with Gasteiger partial charge in [0.15, 0.2) is 5.82 Å². The van der Waals surface area contributed by atoms with E-state index in [1.54, 1.807) is 7.11 Å². The molecule has 0 spiro atoms. The highest BCUT2D eigenvalue weighted by Crippen LogP contribution is 2.42. The van der Waals surface area contributed by atoms with Gasteiger partial charge in [-0.25, -0.2) is 9.67 Å². The van der Waals surface area contributed by atoms with Crippen LogP contribution in [0, 0.1) is 6.92 Å². The number of aryl methyl sites for hydroxylation is 1. The highest BCUT2D eigenvalue weighted by Gasteiger charge is 2.34. The Labute approximate surface area is 182 Å². The standard InChI is InChI=1S/C26H24N4O/c1-18-23-24(19-14-16-22(31-3)17-15-19)29(2)25(20-10-6-4-7-11-20)27-26(23)30(28-18)21-12-8-5-9-13-21/h4-17,24H,1-3H3/t24-/m0/s1. The maximum absolute atomic E-state index is 5.38. The number of fused-ring (bicyclic) bond motifs is 1. The van der Waals surface area contributed by atoms with E-state index in [1.165, 1.54) is 5.56 Å². The molecule has 2 heterocycles. The van der Waals surface area contributed by atoms with Crippen molar-refractivity contribution in [1.82, 2.24) is 14.7 Å². The van der Waals surface area contributed by atoms with Crippen molar-refractivity contribution in [3.8, 4) is 11.4 Å². The van der Waals surface area contributed by atoms with E-state index >= 15 is 0 Å². The summed E-state index contributed by atoms with van der Waals surface area (Å²) in [5, 5.41) is 4.89. The van der Waals surface area contributed by atoms with E-state index < -0.39 is 0 Å². The normalized spacial score (nSPS) is 15.4. The smallest absolute Gasteiger partial charge is 0.163 e. The lowest BCUT2D eigenvalue weighted by Gasteiger charge is -2.35. The zero-order valence-electron chi connectivity index (χ0n) is 17.9. The number of amidine groups is 1. The third-order valence-electron chi connectivity index (χ3n) is 5.75. The average molecular weight is 409 g/mol. The van der Waals surface area contributed by atoms with Gasteiger partial charge in [0.25, 0.3) is 0 Å². The summed E-state index contributed by atoms with van der Waals surface area (Å²) in [5.74, 6) is 2.64. The molecule has 1 aromatic heterocycles. The summed E-state index contributed by atoms with van der Waals surface area (Å²) < 4.78 is 7.33. The third kappa shape index (κ3) is 3.28. The maximum atomic E-state index is 5.38. The van der Waals surface area contributed by atoms with Gasteiger partial charge in [-0.2, -0.15) is 5.10 Å². The fraction of sp³-hybridized carbons (Fsp3) is 0.154. The van der Waals surface area contributed by atoms with E-state index in [9.17, 15) is 0 Å². The minimum absolute atomic E-state index is 0.00826. The Hall–Kier alpha value is -3.86. The van der Waals surface area contributed by atoms with E-state index in [2.05, 4.69) is 55.3 Å². The Balaban J connectivity index is 1.74. The van der Waals surface area contributed by atoms with Crippen LogP contribution in [0.25, 0.3) is 5.69 Å². The minimum Gasteiger partial charge on any atom is -0.497 e. The van der Waals surface area contributed by atoms with E-state index in [4.69, 9.17) is 14.8 Å². The van der Waals surface area contributed by atoms with Crippen LogP contribution in [0.4, 0.5) is 5.82 Å². The monoisotopic (exact) mass is 408 g/mol. The summed E-state index contributed by atoms with van der Waals surface area (Å²) in [5.41, 5.74) is 5.34. The highest BCUT2D eigenvalue weighted by molar-refractivity contribution is 6.02. The van der Waals surface area contributed by atoms with Crippen LogP contribution in [0.5, 0.6) is 5.75 Å². The number of ether oxygens (including phenoxy) is 1. The summed E-state index contributed by atoms with van der Waals surface area (Å²) >= 11 is 0. The zero-order chi connectivity index (χ0) is 21.4. The SMILES string of the molecule is COc1ccc([C@H]2c3c(C)nn(-c4ccccc4)c3N=C(c3ccccc3)N2C)cc1. The number of nitrogens with zero attached hydrogens (tertiary/aromatic N) is 4. The second-order valence-electron chi connectivity index (χ2n) is 7.66. The molecule has 1 aliphatic rings. The summed E-state index contributed by atoms with van der Waals surface area (Å²) in [6, 6.07) is 28.7. The Bertz CT molecular complexity index is 1230. The van der Waals surface area contributed by atoms with E-state index in [0.717, 1.165) is 39.9 Å². The first-order valence-corrected chi connectivity index (χ1v) is 10.3. The molecule has 0 fully saturated rings. The number of para-hydroxylation sites is 1. The largest absolute Gasteiger partial charge is 0.497 e. The van der Waals surface area contributed by atoms with Crippen LogP contribution in [0.15, 0.2) is 89.9 Å². The molecular weight excluding hydrogens is 384 g/mol. The van der Waals surface area contributed by atoms with Gasteiger partial charge in [-0.3, -0.25) is 0 Å². The molecule has 5 rings (SSSR count). The summed E-state index contributed by atoms with van der Waals surface area (Å²) in [6.45, 7) is 2.06. The van der Waals surface area contributed by atoms with Crippen molar-refractivity contribution in [1.29, 1.82) is 0 Å². The topological polar surface area (TPSA) is 42.6 Å². The molecule has 3 aromatic carbocycles. The van der Waals surface area contributed by atoms with Crippen LogP contribution in [-0.2, 0) is 0 Å². The molecule has 5 nitrogen and oxygen atoms in total. The van der Waals surface area contributed by atoms with Gasteiger partial charge in [-0.05, 0) is 36.8 Å². The predicted octanol–water partition coefficient (Wildman–Crippen LogP) is 5.30. The van der Waals surface area contributed by atoms with Crippen molar-refractivity contribution >= 4 is 11.7 Å². The lowest BCUT2D eigenvalue weighted by Crippen LogP contribution is -2.35. The lowest BCUT2D eigenvalue weighted by molar-refractivity contribution is 0.409. The second-order valence-corrected chi connectivity index (χ2v) is 7.66. The van der Waals surface area contributed by atoms with Crippen molar-refractivity contribution in [2.45, 2.75) is 13.0 Å². The van der Waals surface area contributed by atoms with Crippen molar-refractivity contribution in [2.24, 2.45) is 4.99 Å². The number of aromatic nitrogens is 2. The third-order valence-corrected chi connectivity index (χ3v) is 5.75. The van der Waals surface area contributed by atoms with Crippen LogP contribution >= 0.6 is 0 Å². The van der Waals surface area contributed by atoms with E-state index in [0.29, 0.717) is 0 Å². The molecule has 5 heteroatoms. The number of hydrogen-bond donors (Lipinski definition) is 0. The molecule has 1 atom stereocenters. The average Bonchev–Trinajstić information content (AvgIpc) is 3.16. The molecule has 0 bridgehead atoms. The Morgan fingerprint density at radius 2 is 1.48 bits per heavy atom. The molecule has 154 valence electrons. The molecule has 0 saturated carbocycles. The van der Waals surface area contributed by atoms with Gasteiger partial charge in [-0.1, -0.05) is 60.7 Å². The van der Waals surface area contributed by atoms with Gasteiger partial charge in [0.2, 0.25) is 0 Å². The molecule has 4 aromatic rings. The zero-order valence-corrected chi connectivity index (χ0v) is 17.9. The summed E-state index contributed by atoms with van der Waals surface area (Å²) in [7, 11) is 3.79. The molecule has 0 N–H and O–H groups in total. The molecule has 0 aliphatic carbocycles. The lowest BCUT2D eigenvalue weighted by atomic mass is 9.94. The van der Waals surface area contributed by atoms with Crippen LogP contribution < -0.4 is 4.74 Å². The Morgan fingerprint density at radius 3 is 2.13 bits per heavy atom. The first kappa shape index (κ1) is 19.1. The molecule has 0 amide bonds. The molecular formula is C26H24N4O. The van der Waals surface area contributed by atoms with Crippen LogP contribution in [0.1, 0.15) is 28.4 Å². The number of benzene rings is 3. The van der Waals surface area contributed by atoms with Crippen molar-refractivity contribution < 1.29 is 4.74 Å². The van der Waals surface area contributed by atoms with Crippen molar-refractivity contribution in [3.63, 3.8) is 0 Å². The van der Waals surface area contributed by atoms with E-state index in [1.807, 2.05) is 53.2 Å². The van der Waals surface area contributed by atoms with E-state index in [-0.39, 0.29) is 6.04 Å². The van der Waals surface area contributed by atoms with Crippen LogP contribution in [-0.4, -0.2) is 34.7 Å². The molecule has 0 unspecified atom stereocenters. The summed E-state index contributed by atoms with van der Waals surface area (Å²) in [4.78, 5) is 7.36. The van der Waals surface area contributed by atoms with Crippen LogP contribution in [0.2, 0.25) is 0 Å². The molecule has 0 radical (unpaired) electrons. The number of methoxy groups -OCH3 is 1. The highest BCUT2D eigenvalue weighted by atomic mass is 16.5. The van der Waals surface area contributed by atoms with Gasteiger partial charge >= 0.3 is 0 Å². The first-order chi connectivity index (χ1) is 15.2. The predicted molar refractivity (Wildman–Crippen MR) is 124 cm³/mol. The quantitative estimate of drug-likeness (QED) is 0.460. The van der Waals surface area contributed by atoms with Gasteiger partial charge < -0.3 is 9.64 Å². The summed E-state index contributed by atoms with van der Waals surface area (Å²) in [6.07, 6.45) is 0. The van der Waals surface area contributed by atoms with Gasteiger partial charge in [0.05, 0.1) is 24.5 Å². The first-order valence-electron chi connectivity index (χ1n) is 10.3. The van der Waals surface area contributed by atoms with Gasteiger partial charge in [-0.15, -0.1) is 0 Å². The molecule has 0 saturated heterocycles. The Morgan fingerprint density at radius 1 is 0.839 bits per heavy atom. The van der Waals surface area contributed by atoms with Gasteiger partial charge in [0.1, 0.15) is 11.6 Å². The van der Waals surface area contributed by atoms with Gasteiger partial charge in [0, 0.05) is 18.2 Å². The Kier molecular flexibility index (Phi) is 4.79. The fourth-order valence-corrected chi connectivity index (χ4v) is 4.23. The maximum Gasteiger partial charge on any atom is 0.163 e. The fourth-order valence-electron chi connectivity index (χ4n) is 4.23. The molecule has 31 heavy (non-hydrogen) atoms. The number of hydrogen-bond acceptors (Lipinski definition) is 4. The molecule has 1 aliphatic heterocycles. The number of rotatable bonds is 4. The van der Waals surface area contributed by atoms with Crippen molar-refractivity contribution in [3.05, 3.63) is 107 Å². The van der Waals surface area contributed by atoms with Crippen molar-refractivity contribution in [2.75, 3.05) is 14.2 Å². The van der Waals surface area contributed by atoms with Crippen LogP contribution in [0.3, 0.4) is 0 Å². The number of aliphatic imine (C=N–C) groups is 1. The second kappa shape index (κ2) is 7.76.